The average molecular weight is 1620 g/mol. The Kier molecular flexibility index (Phi) is 39.8. The molecule has 0 N–H and O–H groups in total. The molecule has 0 fully saturated rings. The number of unbranched alkanes of at least 4 members (excludes halogenated alkanes) is 3. The van der Waals surface area contributed by atoms with Crippen molar-refractivity contribution in [1.82, 2.24) is 0 Å². The standard InChI is InChI=1S/C11H15.C10H14O.2C10H13.C6H12O2.3C4H9.12CH3.5Sn/c1-4-10(3)11-7-5-9(2)6-8-11;1-3-8(2)9-4-6-10(11)7-5-9;2*1-3-9(2)10-7-5-4-6-8-10;1-4-6(2,3)5(7)8;3*1-3-4-2;;;;;;;;;;;;;;;;;/h5-8,10H,2,4H2,1,3H3;4-8,11H,3H2,1-2H3;2*5-9H,3H2,1-2H3;4H2,1-3H3,(H,7,8);3*1,3-4H2,2H3;12*1H3;;;;;/q;;;;;;;;;;;;;;;;;;;;;;;2*+1/p-2. The SMILES string of the molecule is CCC(C)(C)C(=O)[O][Sn]([CH3])([CH3])[CH3].CCC(C)c1cc[c]([Sn]([CH3])([CH3])[CH3])cc1.CCC(C)c1ccc([CH2][Sn]([CH3])([CH3])[CH3])cc1.CCC(C)c1ccc([O][Sn]([CH3])([CH3])[CH3])cc1.CCC[CH2][Sn]([CH2]CCC)([CH2]CCC)[c]1ccc(C(C)CC)cc1. The molecule has 0 spiro atoms. The summed E-state index contributed by atoms with van der Waals surface area (Å²) in [4.78, 5) is 39.5. The van der Waals surface area contributed by atoms with E-state index in [-0.39, 0.29) is 11.4 Å². The van der Waals surface area contributed by atoms with Gasteiger partial charge < -0.3 is 0 Å². The van der Waals surface area contributed by atoms with Crippen LogP contribution in [0.1, 0.15) is 219 Å². The average Bonchev–Trinajstić information content (AvgIpc) is 3.39. The van der Waals surface area contributed by atoms with E-state index in [9.17, 15) is 4.79 Å². The number of carbonyl (C=O) groups excluding carboxylic acids is 1. The van der Waals surface area contributed by atoms with Gasteiger partial charge in [0.05, 0.1) is 0 Å². The maximum absolute atomic E-state index is 11.5. The molecule has 0 aliphatic rings. The second kappa shape index (κ2) is 39.8. The second-order valence-corrected chi connectivity index (χ2v) is 97.0. The molecule has 0 aliphatic heterocycles. The molecule has 0 saturated heterocycles. The van der Waals surface area contributed by atoms with Gasteiger partial charge in [-0.15, -0.1) is 0 Å². The van der Waals surface area contributed by atoms with E-state index in [4.69, 9.17) is 6.15 Å². The molecule has 0 saturated carbocycles. The summed E-state index contributed by atoms with van der Waals surface area (Å²) in [5.41, 5.74) is 7.18. The number of hydrogen-bond acceptors (Lipinski definition) is 3. The molecule has 0 radical (unpaired) electrons. The predicted molar refractivity (Wildman–Crippen MR) is 373 cm³/mol. The van der Waals surface area contributed by atoms with Crippen LogP contribution in [0.25, 0.3) is 0 Å². The van der Waals surface area contributed by atoms with Gasteiger partial charge in [0.2, 0.25) is 0 Å². The topological polar surface area (TPSA) is 35.5 Å². The van der Waals surface area contributed by atoms with Crippen molar-refractivity contribution >= 4 is 106 Å². The molecule has 4 unspecified atom stereocenters. The number of carbonyl (C=O) groups is 1. The van der Waals surface area contributed by atoms with E-state index in [2.05, 4.69) is 232 Å². The quantitative estimate of drug-likeness (QED) is 0.0588. The van der Waals surface area contributed by atoms with Crippen LogP contribution in [0.15, 0.2) is 97.1 Å². The van der Waals surface area contributed by atoms with E-state index in [0.29, 0.717) is 23.7 Å². The van der Waals surface area contributed by atoms with Crippen LogP contribution in [0.4, 0.5) is 0 Å². The summed E-state index contributed by atoms with van der Waals surface area (Å²) < 4.78 is 21.0. The van der Waals surface area contributed by atoms with Crippen LogP contribution < -0.4 is 10.2 Å². The molecular weight excluding hydrogens is 1490 g/mol. The summed E-state index contributed by atoms with van der Waals surface area (Å²) in [6, 6.07) is 37.3. The van der Waals surface area contributed by atoms with E-state index in [1.165, 1.54) is 90.9 Å². The van der Waals surface area contributed by atoms with Crippen LogP contribution in [0.2, 0.25) is 72.6 Å². The first-order valence-corrected chi connectivity index (χ1v) is 79.4. The van der Waals surface area contributed by atoms with Gasteiger partial charge in [-0.2, -0.15) is 0 Å². The van der Waals surface area contributed by atoms with E-state index < -0.39 is 92.7 Å². The minimum atomic E-state index is -2.37. The number of hydrogen-bond donors (Lipinski definition) is 0. The van der Waals surface area contributed by atoms with Gasteiger partial charge in [-0.1, -0.05) is 0 Å². The zero-order valence-corrected chi connectivity index (χ0v) is 71.1. The molecule has 0 aliphatic carbocycles. The molecule has 0 aromatic heterocycles. The van der Waals surface area contributed by atoms with Crippen LogP contribution in [0.3, 0.4) is 0 Å². The second-order valence-electron chi connectivity index (χ2n) is 28.3. The van der Waals surface area contributed by atoms with Gasteiger partial charge in [0.15, 0.2) is 0 Å². The Morgan fingerprint density at radius 1 is 0.443 bits per heavy atom. The van der Waals surface area contributed by atoms with Crippen LogP contribution in [-0.4, -0.2) is 98.7 Å². The van der Waals surface area contributed by atoms with E-state index >= 15 is 0 Å². The van der Waals surface area contributed by atoms with Crippen molar-refractivity contribution < 1.29 is 10.9 Å². The molecule has 0 amide bonds. The summed E-state index contributed by atoms with van der Waals surface area (Å²) in [6.07, 6.45) is 14.2. The third-order valence-electron chi connectivity index (χ3n) is 15.9. The van der Waals surface area contributed by atoms with Crippen LogP contribution in [0, 0.1) is 5.41 Å². The summed E-state index contributed by atoms with van der Waals surface area (Å²) in [6.45, 7) is 31.2. The van der Waals surface area contributed by atoms with Gasteiger partial charge in [0.1, 0.15) is 0 Å². The van der Waals surface area contributed by atoms with Crippen molar-refractivity contribution in [2.45, 2.75) is 268 Å². The van der Waals surface area contributed by atoms with Gasteiger partial charge in [-0.3, -0.25) is 0 Å². The number of rotatable bonds is 26. The fourth-order valence-electron chi connectivity index (χ4n) is 9.13. The van der Waals surface area contributed by atoms with E-state index in [1.807, 2.05) is 24.4 Å². The fraction of sp³-hybridized carbons (Fsp3) is 0.648. The van der Waals surface area contributed by atoms with Crippen LogP contribution >= 0.6 is 0 Å². The Hall–Kier alpha value is 0.144. The van der Waals surface area contributed by atoms with Crippen molar-refractivity contribution in [3.05, 3.63) is 125 Å². The Labute approximate surface area is 514 Å². The molecule has 8 heteroatoms. The zero-order chi connectivity index (χ0) is 60.8. The van der Waals surface area contributed by atoms with Crippen LogP contribution in [-0.2, 0) is 12.3 Å². The summed E-state index contributed by atoms with van der Waals surface area (Å²) in [7, 11) is 0. The Morgan fingerprint density at radius 2 is 0.759 bits per heavy atom. The zero-order valence-electron chi connectivity index (χ0n) is 56.9. The van der Waals surface area contributed by atoms with Crippen molar-refractivity contribution in [2.24, 2.45) is 5.41 Å². The molecule has 4 aromatic carbocycles. The number of benzene rings is 4. The molecule has 4 atom stereocenters. The van der Waals surface area contributed by atoms with E-state index in [0.717, 1.165) is 12.2 Å². The monoisotopic (exact) mass is 1630 g/mol. The van der Waals surface area contributed by atoms with Gasteiger partial charge in [0.25, 0.3) is 0 Å². The third kappa shape index (κ3) is 34.2. The van der Waals surface area contributed by atoms with Gasteiger partial charge in [-0.05, 0) is 0 Å². The van der Waals surface area contributed by atoms with Gasteiger partial charge in [-0.25, -0.2) is 0 Å². The normalized spacial score (nSPS) is 13.5. The third-order valence-corrected chi connectivity index (χ3v) is 46.4. The van der Waals surface area contributed by atoms with Gasteiger partial charge >= 0.3 is 521 Å². The summed E-state index contributed by atoms with van der Waals surface area (Å²) in [5, 5.41) is 0. The Morgan fingerprint density at radius 3 is 1.03 bits per heavy atom. The van der Waals surface area contributed by atoms with Crippen molar-refractivity contribution in [3.8, 4) is 5.75 Å². The molecular formula is C71H128O3Sn5. The van der Waals surface area contributed by atoms with Crippen molar-refractivity contribution in [3.63, 3.8) is 0 Å². The first kappa shape index (κ1) is 79.1. The predicted octanol–water partition coefficient (Wildman–Crippen LogP) is 22.8. The maximum atomic E-state index is 11.5. The van der Waals surface area contributed by atoms with Gasteiger partial charge in [0, 0.05) is 0 Å². The van der Waals surface area contributed by atoms with Crippen molar-refractivity contribution in [1.29, 1.82) is 0 Å². The van der Waals surface area contributed by atoms with Crippen molar-refractivity contribution in [2.75, 3.05) is 0 Å². The molecule has 4 aromatic rings. The Balaban J connectivity index is 0.000000982. The molecule has 0 bridgehead atoms. The van der Waals surface area contributed by atoms with E-state index in [1.54, 1.807) is 22.5 Å². The molecule has 4 rings (SSSR count). The fourth-order valence-corrected chi connectivity index (χ4v) is 37.3. The summed E-state index contributed by atoms with van der Waals surface area (Å²) in [5.74, 6) is 3.79. The molecule has 450 valence electrons. The first-order chi connectivity index (χ1) is 36.6. The molecule has 3 nitrogen and oxygen atoms in total. The first-order valence-electron chi connectivity index (χ1n) is 31.9. The Bertz CT molecular complexity index is 2080. The molecule has 0 heterocycles. The molecule has 79 heavy (non-hydrogen) atoms. The van der Waals surface area contributed by atoms with Crippen LogP contribution in [0.5, 0.6) is 5.75 Å². The summed E-state index contributed by atoms with van der Waals surface area (Å²) >= 11 is -10.1. The minimum absolute atomic E-state index is 0.0201.